The molecular weight excluding hydrogens is 242 g/mol. The first-order chi connectivity index (χ1) is 9.16. The van der Waals surface area contributed by atoms with Crippen LogP contribution in [0.25, 0.3) is 10.8 Å². The summed E-state index contributed by atoms with van der Waals surface area (Å²) in [6, 6.07) is 7.07. The Kier molecular flexibility index (Phi) is 2.67. The van der Waals surface area contributed by atoms with Gasteiger partial charge in [0, 0.05) is 17.8 Å². The number of anilines is 1. The van der Waals surface area contributed by atoms with E-state index in [2.05, 4.69) is 10.3 Å². The van der Waals surface area contributed by atoms with Crippen molar-refractivity contribution in [3.05, 3.63) is 36.7 Å². The summed E-state index contributed by atoms with van der Waals surface area (Å²) in [6.07, 6.45) is 3.43. The molecule has 0 radical (unpaired) electrons. The van der Waals surface area contributed by atoms with Gasteiger partial charge in [0.05, 0.1) is 5.69 Å². The monoisotopic (exact) mass is 255 g/mol. The number of fused-ring (bicyclic) bond motifs is 1. The van der Waals surface area contributed by atoms with Crippen LogP contribution in [-0.2, 0) is 9.59 Å². The second kappa shape index (κ2) is 4.35. The molecule has 1 aliphatic rings. The highest BCUT2D eigenvalue weighted by molar-refractivity contribution is 6.10. The number of carbonyl (C=O) groups is 2. The number of pyridine rings is 1. The van der Waals surface area contributed by atoms with Crippen LogP contribution in [0.2, 0.25) is 0 Å². The fourth-order valence-corrected chi connectivity index (χ4v) is 2.34. The van der Waals surface area contributed by atoms with E-state index in [1.807, 2.05) is 24.3 Å². The maximum Gasteiger partial charge on any atom is 0.249 e. The molecule has 96 valence electrons. The molecule has 1 N–H and O–H groups in total. The van der Waals surface area contributed by atoms with Gasteiger partial charge in [0.1, 0.15) is 12.6 Å². The molecule has 1 saturated heterocycles. The van der Waals surface area contributed by atoms with Crippen molar-refractivity contribution in [1.82, 2.24) is 10.3 Å². The molecule has 1 atom stereocenters. The van der Waals surface area contributed by atoms with Gasteiger partial charge in [0.25, 0.3) is 0 Å². The van der Waals surface area contributed by atoms with Crippen molar-refractivity contribution < 1.29 is 9.59 Å². The molecule has 0 aliphatic carbocycles. The minimum Gasteiger partial charge on any atom is -0.343 e. The van der Waals surface area contributed by atoms with E-state index in [1.54, 1.807) is 19.3 Å². The van der Waals surface area contributed by atoms with Gasteiger partial charge >= 0.3 is 0 Å². The lowest BCUT2D eigenvalue weighted by Crippen LogP contribution is -2.57. The highest BCUT2D eigenvalue weighted by Crippen LogP contribution is 2.27. The van der Waals surface area contributed by atoms with Crippen molar-refractivity contribution in [2.45, 2.75) is 13.0 Å². The van der Waals surface area contributed by atoms with Crippen molar-refractivity contribution in [1.29, 1.82) is 0 Å². The molecule has 0 bridgehead atoms. The van der Waals surface area contributed by atoms with Gasteiger partial charge in [-0.25, -0.2) is 0 Å². The number of benzene rings is 1. The molecule has 1 aliphatic heterocycles. The number of carbonyl (C=O) groups excluding carboxylic acids is 2. The van der Waals surface area contributed by atoms with Crippen LogP contribution in [0.15, 0.2) is 36.7 Å². The molecule has 0 spiro atoms. The first kappa shape index (κ1) is 11.6. The lowest BCUT2D eigenvalue weighted by molar-refractivity contribution is -0.130. The van der Waals surface area contributed by atoms with E-state index in [0.29, 0.717) is 0 Å². The van der Waals surface area contributed by atoms with Crippen molar-refractivity contribution in [2.24, 2.45) is 0 Å². The number of aromatic nitrogens is 1. The topological polar surface area (TPSA) is 62.3 Å². The van der Waals surface area contributed by atoms with Gasteiger partial charge in [-0.15, -0.1) is 0 Å². The van der Waals surface area contributed by atoms with Crippen LogP contribution in [0.1, 0.15) is 6.92 Å². The Morgan fingerprint density at radius 1 is 1.32 bits per heavy atom. The van der Waals surface area contributed by atoms with E-state index in [9.17, 15) is 9.59 Å². The molecule has 0 saturated carbocycles. The summed E-state index contributed by atoms with van der Waals surface area (Å²) < 4.78 is 0. The molecule has 3 rings (SSSR count). The largest absolute Gasteiger partial charge is 0.343 e. The molecule has 1 unspecified atom stereocenters. The smallest absolute Gasteiger partial charge is 0.249 e. The zero-order chi connectivity index (χ0) is 13.4. The van der Waals surface area contributed by atoms with Crippen molar-refractivity contribution in [2.75, 3.05) is 11.4 Å². The quantitative estimate of drug-likeness (QED) is 0.829. The van der Waals surface area contributed by atoms with E-state index in [-0.39, 0.29) is 18.4 Å². The van der Waals surface area contributed by atoms with Crippen molar-refractivity contribution >= 4 is 28.3 Å². The van der Waals surface area contributed by atoms with Gasteiger partial charge in [-0.3, -0.25) is 14.6 Å². The van der Waals surface area contributed by atoms with Crippen LogP contribution in [-0.4, -0.2) is 29.4 Å². The first-order valence-electron chi connectivity index (χ1n) is 6.10. The molecule has 1 aromatic carbocycles. The molecular formula is C14H13N3O2. The Hall–Kier alpha value is -2.43. The van der Waals surface area contributed by atoms with Crippen LogP contribution >= 0.6 is 0 Å². The van der Waals surface area contributed by atoms with E-state index < -0.39 is 6.04 Å². The fraction of sp³-hybridized carbons (Fsp3) is 0.214. The number of hydrogen-bond acceptors (Lipinski definition) is 3. The van der Waals surface area contributed by atoms with E-state index in [0.717, 1.165) is 16.5 Å². The number of hydrogen-bond donors (Lipinski definition) is 1. The Bertz CT molecular complexity index is 663. The zero-order valence-electron chi connectivity index (χ0n) is 10.5. The second-order valence-corrected chi connectivity index (χ2v) is 4.59. The summed E-state index contributed by atoms with van der Waals surface area (Å²) in [7, 11) is 0. The second-order valence-electron chi connectivity index (χ2n) is 4.59. The minimum atomic E-state index is -0.492. The molecule has 19 heavy (non-hydrogen) atoms. The van der Waals surface area contributed by atoms with E-state index >= 15 is 0 Å². The highest BCUT2D eigenvalue weighted by Gasteiger charge is 2.31. The maximum atomic E-state index is 12.2. The zero-order valence-corrected chi connectivity index (χ0v) is 10.5. The first-order valence-corrected chi connectivity index (χ1v) is 6.10. The van der Waals surface area contributed by atoms with Gasteiger partial charge in [0.15, 0.2) is 0 Å². The van der Waals surface area contributed by atoms with Crippen LogP contribution in [0.4, 0.5) is 5.69 Å². The lowest BCUT2D eigenvalue weighted by Gasteiger charge is -2.31. The highest BCUT2D eigenvalue weighted by atomic mass is 16.2. The summed E-state index contributed by atoms with van der Waals surface area (Å²) >= 11 is 0. The van der Waals surface area contributed by atoms with Crippen molar-refractivity contribution in [3.8, 4) is 0 Å². The van der Waals surface area contributed by atoms with Crippen LogP contribution in [0, 0.1) is 0 Å². The summed E-state index contributed by atoms with van der Waals surface area (Å²) in [4.78, 5) is 29.4. The molecule has 2 aromatic rings. The van der Waals surface area contributed by atoms with Gasteiger partial charge in [-0.05, 0) is 24.4 Å². The molecule has 2 heterocycles. The SMILES string of the molecule is CC1NC(=O)CN(c2cccc3ccncc23)C1=O. The molecule has 1 fully saturated rings. The number of piperazine rings is 1. The van der Waals surface area contributed by atoms with E-state index in [1.165, 1.54) is 4.90 Å². The van der Waals surface area contributed by atoms with Gasteiger partial charge < -0.3 is 10.2 Å². The average molecular weight is 255 g/mol. The van der Waals surface area contributed by atoms with Crippen LogP contribution in [0.3, 0.4) is 0 Å². The van der Waals surface area contributed by atoms with E-state index in [4.69, 9.17) is 0 Å². The van der Waals surface area contributed by atoms with Gasteiger partial charge in [-0.2, -0.15) is 0 Å². The Morgan fingerprint density at radius 2 is 2.16 bits per heavy atom. The minimum absolute atomic E-state index is 0.0528. The number of amides is 2. The van der Waals surface area contributed by atoms with Crippen LogP contribution in [0.5, 0.6) is 0 Å². The molecule has 5 nitrogen and oxygen atoms in total. The summed E-state index contributed by atoms with van der Waals surface area (Å²) in [5.74, 6) is -0.246. The Labute approximate surface area is 110 Å². The molecule has 1 aromatic heterocycles. The number of nitrogens with one attached hydrogen (secondary N) is 1. The molecule has 2 amide bonds. The average Bonchev–Trinajstić information content (AvgIpc) is 2.42. The lowest BCUT2D eigenvalue weighted by atomic mass is 10.1. The number of rotatable bonds is 1. The van der Waals surface area contributed by atoms with Crippen molar-refractivity contribution in [3.63, 3.8) is 0 Å². The summed E-state index contributed by atoms with van der Waals surface area (Å²) in [5.41, 5.74) is 0.734. The number of nitrogens with zero attached hydrogens (tertiary/aromatic N) is 2. The standard InChI is InChI=1S/C14H13N3O2/c1-9-14(19)17(8-13(18)16-9)12-4-2-3-10-5-6-15-7-11(10)12/h2-7,9H,8H2,1H3,(H,16,18). The maximum absolute atomic E-state index is 12.2. The predicted octanol–water partition coefficient (Wildman–Crippen LogP) is 1.09. The predicted molar refractivity (Wildman–Crippen MR) is 71.7 cm³/mol. The summed E-state index contributed by atoms with van der Waals surface area (Å²) in [6.45, 7) is 1.74. The Balaban J connectivity index is 2.13. The normalized spacial score (nSPS) is 19.6. The third-order valence-electron chi connectivity index (χ3n) is 3.27. The van der Waals surface area contributed by atoms with Crippen LogP contribution < -0.4 is 10.2 Å². The van der Waals surface area contributed by atoms with Gasteiger partial charge in [0.2, 0.25) is 11.8 Å². The summed E-state index contributed by atoms with van der Waals surface area (Å²) in [5, 5.41) is 4.51. The van der Waals surface area contributed by atoms with Gasteiger partial charge in [-0.1, -0.05) is 12.1 Å². The fourth-order valence-electron chi connectivity index (χ4n) is 2.34. The third kappa shape index (κ3) is 1.93. The molecule has 5 heteroatoms. The Morgan fingerprint density at radius 3 is 3.00 bits per heavy atom. The third-order valence-corrected chi connectivity index (χ3v) is 3.27.